The van der Waals surface area contributed by atoms with E-state index in [0.717, 1.165) is 21.3 Å². The third-order valence-corrected chi connectivity index (χ3v) is 3.14. The highest BCUT2D eigenvalue weighted by atomic mass is 79.9. The number of nitrogen functional groups attached to an aromatic ring is 1. The first-order valence-electron chi connectivity index (χ1n) is 4.75. The molecule has 0 aliphatic heterocycles. The second-order valence-corrected chi connectivity index (χ2v) is 4.27. The Kier molecular flexibility index (Phi) is 2.87. The van der Waals surface area contributed by atoms with Gasteiger partial charge in [-0.3, -0.25) is 4.68 Å². The molecule has 0 aliphatic rings. The number of hydrogen-bond acceptors (Lipinski definition) is 3. The topological polar surface area (TPSA) is 53.1 Å². The Hall–Kier alpha value is -1.49. The second kappa shape index (κ2) is 4.17. The fraction of sp³-hybridized carbons (Fsp3) is 0.182. The van der Waals surface area contributed by atoms with E-state index in [1.54, 1.807) is 18.0 Å². The van der Waals surface area contributed by atoms with E-state index in [9.17, 15) is 0 Å². The van der Waals surface area contributed by atoms with Gasteiger partial charge in [0.2, 0.25) is 0 Å². The molecule has 0 spiro atoms. The lowest BCUT2D eigenvalue weighted by Gasteiger charge is -2.06. The summed E-state index contributed by atoms with van der Waals surface area (Å²) >= 11 is 3.49. The van der Waals surface area contributed by atoms with Crippen LogP contribution in [0, 0.1) is 0 Å². The summed E-state index contributed by atoms with van der Waals surface area (Å²) in [5.74, 6) is 1.43. The molecule has 84 valence electrons. The molecular weight excluding hydrogens is 270 g/mol. The zero-order valence-corrected chi connectivity index (χ0v) is 10.7. The molecule has 5 heteroatoms. The fourth-order valence-electron chi connectivity index (χ4n) is 1.49. The summed E-state index contributed by atoms with van der Waals surface area (Å²) in [5.41, 5.74) is 7.81. The van der Waals surface area contributed by atoms with Gasteiger partial charge in [0.1, 0.15) is 11.6 Å². The Labute approximate surface area is 102 Å². The van der Waals surface area contributed by atoms with E-state index < -0.39 is 0 Å². The average molecular weight is 282 g/mol. The lowest BCUT2D eigenvalue weighted by atomic mass is 10.1. The average Bonchev–Trinajstić information content (AvgIpc) is 2.61. The maximum Gasteiger partial charge on any atom is 0.129 e. The van der Waals surface area contributed by atoms with Crippen molar-refractivity contribution < 1.29 is 4.74 Å². The molecule has 0 bridgehead atoms. The Morgan fingerprint density at radius 2 is 2.12 bits per heavy atom. The van der Waals surface area contributed by atoms with Gasteiger partial charge in [-0.25, -0.2) is 0 Å². The van der Waals surface area contributed by atoms with Gasteiger partial charge in [-0.05, 0) is 18.2 Å². The lowest BCUT2D eigenvalue weighted by Crippen LogP contribution is -1.98. The summed E-state index contributed by atoms with van der Waals surface area (Å²) in [6, 6.07) is 5.75. The van der Waals surface area contributed by atoms with Crippen molar-refractivity contribution in [2.24, 2.45) is 7.05 Å². The van der Waals surface area contributed by atoms with Crippen molar-refractivity contribution in [3.8, 4) is 16.9 Å². The predicted molar refractivity (Wildman–Crippen MR) is 67.3 cm³/mol. The van der Waals surface area contributed by atoms with Gasteiger partial charge in [-0.1, -0.05) is 15.9 Å². The van der Waals surface area contributed by atoms with Gasteiger partial charge in [0, 0.05) is 22.6 Å². The first-order chi connectivity index (χ1) is 7.63. The maximum absolute atomic E-state index is 5.93. The highest BCUT2D eigenvalue weighted by Gasteiger charge is 2.11. The molecule has 0 radical (unpaired) electrons. The summed E-state index contributed by atoms with van der Waals surface area (Å²) in [5, 5.41) is 4.12. The van der Waals surface area contributed by atoms with Crippen LogP contribution < -0.4 is 10.5 Å². The molecule has 0 saturated heterocycles. The minimum atomic E-state index is 0.633. The van der Waals surface area contributed by atoms with Crippen LogP contribution in [-0.4, -0.2) is 16.9 Å². The van der Waals surface area contributed by atoms with E-state index in [-0.39, 0.29) is 0 Å². The number of aryl methyl sites for hydroxylation is 1. The first kappa shape index (κ1) is 11.0. The Balaban J connectivity index is 2.59. The number of benzene rings is 1. The number of nitrogens with zero attached hydrogens (tertiary/aromatic N) is 2. The third-order valence-electron chi connectivity index (χ3n) is 2.45. The normalized spacial score (nSPS) is 10.4. The van der Waals surface area contributed by atoms with Crippen molar-refractivity contribution in [2.45, 2.75) is 0 Å². The van der Waals surface area contributed by atoms with Crippen molar-refractivity contribution in [3.05, 3.63) is 28.9 Å². The Bertz CT molecular complexity index is 522. The van der Waals surface area contributed by atoms with Crippen LogP contribution in [0.25, 0.3) is 11.1 Å². The minimum Gasteiger partial charge on any atom is -0.497 e. The van der Waals surface area contributed by atoms with Gasteiger partial charge >= 0.3 is 0 Å². The zero-order chi connectivity index (χ0) is 11.7. The molecule has 2 aromatic rings. The monoisotopic (exact) mass is 281 g/mol. The molecule has 0 atom stereocenters. The number of aromatic nitrogens is 2. The van der Waals surface area contributed by atoms with Gasteiger partial charge in [-0.2, -0.15) is 5.10 Å². The van der Waals surface area contributed by atoms with Gasteiger partial charge < -0.3 is 10.5 Å². The molecule has 0 amide bonds. The summed E-state index contributed by atoms with van der Waals surface area (Å²) in [6.45, 7) is 0. The zero-order valence-electron chi connectivity index (χ0n) is 9.07. The first-order valence-corrected chi connectivity index (χ1v) is 5.54. The highest BCUT2D eigenvalue weighted by molar-refractivity contribution is 9.10. The Morgan fingerprint density at radius 1 is 1.38 bits per heavy atom. The van der Waals surface area contributed by atoms with Crippen LogP contribution in [0.15, 0.2) is 28.9 Å². The summed E-state index contributed by atoms with van der Waals surface area (Å²) in [4.78, 5) is 0. The molecule has 1 aromatic heterocycles. The number of anilines is 1. The van der Waals surface area contributed by atoms with Crippen molar-refractivity contribution in [1.29, 1.82) is 0 Å². The number of hydrogen-bond donors (Lipinski definition) is 1. The molecule has 4 nitrogen and oxygen atoms in total. The van der Waals surface area contributed by atoms with Crippen molar-refractivity contribution in [3.63, 3.8) is 0 Å². The fourth-order valence-corrected chi connectivity index (χ4v) is 1.95. The molecule has 1 aromatic carbocycles. The molecule has 1 heterocycles. The van der Waals surface area contributed by atoms with E-state index in [1.165, 1.54) is 0 Å². The number of halogens is 1. The van der Waals surface area contributed by atoms with Crippen LogP contribution in [0.4, 0.5) is 5.82 Å². The van der Waals surface area contributed by atoms with Crippen molar-refractivity contribution in [2.75, 3.05) is 12.8 Å². The number of methoxy groups -OCH3 is 1. The predicted octanol–water partition coefficient (Wildman–Crippen LogP) is 2.44. The highest BCUT2D eigenvalue weighted by Crippen LogP contribution is 2.34. The third kappa shape index (κ3) is 1.78. The summed E-state index contributed by atoms with van der Waals surface area (Å²) in [7, 11) is 3.45. The molecule has 0 unspecified atom stereocenters. The number of ether oxygens (including phenoxy) is 1. The van der Waals surface area contributed by atoms with Crippen LogP contribution in [0.2, 0.25) is 0 Å². The molecule has 0 saturated carbocycles. The van der Waals surface area contributed by atoms with Crippen LogP contribution >= 0.6 is 15.9 Å². The van der Waals surface area contributed by atoms with Crippen LogP contribution in [0.1, 0.15) is 0 Å². The molecule has 0 aliphatic carbocycles. The van der Waals surface area contributed by atoms with Crippen molar-refractivity contribution in [1.82, 2.24) is 9.78 Å². The smallest absolute Gasteiger partial charge is 0.129 e. The standard InChI is InChI=1S/C11H12BrN3O/c1-15-11(13)9(6-14-15)8-5-7(16-2)3-4-10(8)12/h3-6H,13H2,1-2H3. The summed E-state index contributed by atoms with van der Waals surface area (Å²) in [6.07, 6.45) is 1.74. The van der Waals surface area contributed by atoms with Gasteiger partial charge in [0.05, 0.1) is 13.3 Å². The van der Waals surface area contributed by atoms with E-state index in [1.807, 2.05) is 25.2 Å². The quantitative estimate of drug-likeness (QED) is 0.920. The van der Waals surface area contributed by atoms with E-state index in [0.29, 0.717) is 5.82 Å². The maximum atomic E-state index is 5.93. The summed E-state index contributed by atoms with van der Waals surface area (Å²) < 4.78 is 7.80. The second-order valence-electron chi connectivity index (χ2n) is 3.41. The van der Waals surface area contributed by atoms with E-state index in [2.05, 4.69) is 21.0 Å². The Morgan fingerprint density at radius 3 is 2.69 bits per heavy atom. The number of nitrogens with two attached hydrogens (primary N) is 1. The molecule has 2 rings (SSSR count). The molecule has 2 N–H and O–H groups in total. The van der Waals surface area contributed by atoms with Gasteiger partial charge in [-0.15, -0.1) is 0 Å². The van der Waals surface area contributed by atoms with Crippen LogP contribution in [0.5, 0.6) is 5.75 Å². The van der Waals surface area contributed by atoms with E-state index in [4.69, 9.17) is 10.5 Å². The van der Waals surface area contributed by atoms with Crippen LogP contribution in [-0.2, 0) is 7.05 Å². The van der Waals surface area contributed by atoms with E-state index >= 15 is 0 Å². The SMILES string of the molecule is COc1ccc(Br)c(-c2cnn(C)c2N)c1. The molecular formula is C11H12BrN3O. The minimum absolute atomic E-state index is 0.633. The number of rotatable bonds is 2. The molecule has 16 heavy (non-hydrogen) atoms. The molecule has 0 fully saturated rings. The van der Waals surface area contributed by atoms with Crippen LogP contribution in [0.3, 0.4) is 0 Å². The largest absolute Gasteiger partial charge is 0.497 e. The van der Waals surface area contributed by atoms with Crippen molar-refractivity contribution >= 4 is 21.7 Å². The lowest BCUT2D eigenvalue weighted by molar-refractivity contribution is 0.415. The van der Waals surface area contributed by atoms with Gasteiger partial charge in [0.25, 0.3) is 0 Å². The van der Waals surface area contributed by atoms with Gasteiger partial charge in [0.15, 0.2) is 0 Å².